The van der Waals surface area contributed by atoms with E-state index in [0.29, 0.717) is 11.1 Å². The first-order valence-electron chi connectivity index (χ1n) is 13.2. The molecule has 5 rings (SSSR count). The van der Waals surface area contributed by atoms with Crippen molar-refractivity contribution in [2.45, 2.75) is 35.0 Å². The Kier molecular flexibility index (Phi) is 9.12. The van der Waals surface area contributed by atoms with Crippen LogP contribution >= 0.6 is 0 Å². The Balaban J connectivity index is 1.67. The lowest BCUT2D eigenvalue weighted by molar-refractivity contribution is 0.219. The molecule has 0 unspecified atom stereocenters. The SMILES string of the molecule is O=S(=O)(c1ccc(F)cc1)N(Cc1ccccc1)[C@@H]1CS(=O)(=S)C[C@H]1N(Cc1ccccc1)S(=O)(=O)c1ccc(F)cc1. The third-order valence-electron chi connectivity index (χ3n) is 7.24. The number of hydrogen-bond acceptors (Lipinski definition) is 6. The molecular formula is C30H28F2N2O5S4. The maximum atomic E-state index is 14.2. The van der Waals surface area contributed by atoms with E-state index in [1.165, 1.54) is 0 Å². The summed E-state index contributed by atoms with van der Waals surface area (Å²) in [6.07, 6.45) is 0. The van der Waals surface area contributed by atoms with Crippen molar-refractivity contribution in [1.82, 2.24) is 8.61 Å². The molecule has 0 aliphatic carbocycles. The van der Waals surface area contributed by atoms with Gasteiger partial charge in [0.25, 0.3) is 0 Å². The maximum Gasteiger partial charge on any atom is 0.243 e. The van der Waals surface area contributed by atoms with Crippen LogP contribution in [0.25, 0.3) is 0 Å². The van der Waals surface area contributed by atoms with Crippen LogP contribution in [0.15, 0.2) is 119 Å². The number of rotatable bonds is 10. The molecule has 1 heterocycles. The molecule has 4 aromatic rings. The molecule has 1 aliphatic rings. The molecule has 2 atom stereocenters. The summed E-state index contributed by atoms with van der Waals surface area (Å²) in [6.45, 7) is -0.356. The fourth-order valence-corrected chi connectivity index (χ4v) is 11.4. The highest BCUT2D eigenvalue weighted by Crippen LogP contribution is 2.34. The molecule has 4 aromatic carbocycles. The predicted molar refractivity (Wildman–Crippen MR) is 164 cm³/mol. The second kappa shape index (κ2) is 12.5. The summed E-state index contributed by atoms with van der Waals surface area (Å²) in [5.74, 6) is -1.80. The van der Waals surface area contributed by atoms with Crippen molar-refractivity contribution >= 4 is 39.7 Å². The zero-order valence-corrected chi connectivity index (χ0v) is 26.0. The number of hydrogen-bond donors (Lipinski definition) is 0. The van der Waals surface area contributed by atoms with E-state index in [-0.39, 0.29) is 34.4 Å². The van der Waals surface area contributed by atoms with E-state index >= 15 is 0 Å². The molecule has 0 spiro atoms. The molecular weight excluding hydrogens is 635 g/mol. The largest absolute Gasteiger partial charge is 0.257 e. The zero-order valence-electron chi connectivity index (χ0n) is 22.7. The highest BCUT2D eigenvalue weighted by molar-refractivity contribution is 8.33. The Morgan fingerprint density at radius 2 is 0.930 bits per heavy atom. The quantitative estimate of drug-likeness (QED) is 0.248. The van der Waals surface area contributed by atoms with Crippen LogP contribution in [0.1, 0.15) is 11.1 Å². The lowest BCUT2D eigenvalue weighted by atomic mass is 10.1. The van der Waals surface area contributed by atoms with Gasteiger partial charge in [0.15, 0.2) is 0 Å². The fourth-order valence-electron chi connectivity index (χ4n) is 5.13. The van der Waals surface area contributed by atoms with Crippen molar-refractivity contribution in [1.29, 1.82) is 0 Å². The first kappa shape index (κ1) is 31.4. The van der Waals surface area contributed by atoms with Gasteiger partial charge >= 0.3 is 0 Å². The van der Waals surface area contributed by atoms with Crippen molar-refractivity contribution in [3.63, 3.8) is 0 Å². The van der Waals surface area contributed by atoms with Crippen LogP contribution in [-0.2, 0) is 52.8 Å². The molecule has 0 radical (unpaired) electrons. The average molecular weight is 663 g/mol. The summed E-state index contributed by atoms with van der Waals surface area (Å²) >= 11 is 5.43. The first-order chi connectivity index (χ1) is 20.4. The van der Waals surface area contributed by atoms with Gasteiger partial charge in [-0.2, -0.15) is 8.61 Å². The van der Waals surface area contributed by atoms with Gasteiger partial charge in [-0.15, -0.1) is 0 Å². The highest BCUT2D eigenvalue weighted by Gasteiger charge is 2.49. The molecule has 0 N–H and O–H groups in total. The Labute approximate surface area is 255 Å². The second-order valence-electron chi connectivity index (χ2n) is 10.2. The molecule has 43 heavy (non-hydrogen) atoms. The minimum absolute atomic E-state index is 0.178. The van der Waals surface area contributed by atoms with Gasteiger partial charge in [-0.25, -0.2) is 25.6 Å². The fraction of sp³-hybridized carbons (Fsp3) is 0.200. The van der Waals surface area contributed by atoms with Crippen LogP contribution in [0.5, 0.6) is 0 Å². The van der Waals surface area contributed by atoms with Crippen molar-refractivity contribution in [3.05, 3.63) is 132 Å². The molecule has 0 amide bonds. The van der Waals surface area contributed by atoms with E-state index in [4.69, 9.17) is 11.2 Å². The molecule has 13 heteroatoms. The first-order valence-corrected chi connectivity index (χ1v) is 18.9. The van der Waals surface area contributed by atoms with Crippen LogP contribution in [0.4, 0.5) is 8.78 Å². The monoisotopic (exact) mass is 662 g/mol. The van der Waals surface area contributed by atoms with Gasteiger partial charge in [0.1, 0.15) is 11.6 Å². The second-order valence-corrected chi connectivity index (χ2v) is 17.9. The van der Waals surface area contributed by atoms with E-state index in [0.717, 1.165) is 57.1 Å². The molecule has 7 nitrogen and oxygen atoms in total. The number of benzene rings is 4. The van der Waals surface area contributed by atoms with E-state index in [1.54, 1.807) is 60.7 Å². The van der Waals surface area contributed by atoms with Crippen molar-refractivity contribution < 1.29 is 29.8 Å². The Morgan fingerprint density at radius 1 is 0.605 bits per heavy atom. The molecule has 1 saturated heterocycles. The van der Waals surface area contributed by atoms with Gasteiger partial charge in [0, 0.05) is 33.1 Å². The molecule has 226 valence electrons. The summed E-state index contributed by atoms with van der Waals surface area (Å²) in [7, 11) is -11.9. The highest BCUT2D eigenvalue weighted by atomic mass is 32.8. The van der Waals surface area contributed by atoms with Gasteiger partial charge in [-0.1, -0.05) is 60.7 Å². The lowest BCUT2D eigenvalue weighted by Crippen LogP contribution is -2.54. The van der Waals surface area contributed by atoms with Crippen molar-refractivity contribution in [3.8, 4) is 0 Å². The normalized spacial score (nSPS) is 18.7. The molecule has 1 aliphatic heterocycles. The van der Waals surface area contributed by atoms with Gasteiger partial charge in [0.2, 0.25) is 20.0 Å². The topological polar surface area (TPSA) is 91.8 Å². The lowest BCUT2D eigenvalue weighted by Gasteiger charge is -2.37. The minimum Gasteiger partial charge on any atom is -0.257 e. The van der Waals surface area contributed by atoms with Crippen LogP contribution in [-0.4, -0.2) is 53.2 Å². The minimum atomic E-state index is -4.38. The van der Waals surface area contributed by atoms with Crippen LogP contribution in [0.3, 0.4) is 0 Å². The van der Waals surface area contributed by atoms with E-state index in [9.17, 15) is 29.8 Å². The zero-order chi connectivity index (χ0) is 30.8. The number of sulfonamides is 2. The van der Waals surface area contributed by atoms with Crippen molar-refractivity contribution in [2.24, 2.45) is 0 Å². The summed E-state index contributed by atoms with van der Waals surface area (Å²) in [5.41, 5.74) is 1.21. The molecule has 1 fully saturated rings. The average Bonchev–Trinajstić information content (AvgIpc) is 3.30. The standard InChI is InChI=1S/C30H28F2N2O5S4/c31-25-11-15-27(16-12-25)42(36,37)33(19-23-7-3-1-4-8-23)29-21-41(35,40)22-30(29)34(20-24-9-5-2-6-10-24)43(38,39)28-17-13-26(32)14-18-28/h1-18,29-30H,19-22H2/t29-,30-/m1/s1. The van der Waals surface area contributed by atoms with Gasteiger partial charge in [0.05, 0.1) is 21.9 Å². The van der Waals surface area contributed by atoms with Crippen molar-refractivity contribution in [2.75, 3.05) is 11.5 Å². The molecule has 0 bridgehead atoms. The predicted octanol–water partition coefficient (Wildman–Crippen LogP) is 4.54. The molecule has 0 aromatic heterocycles. The summed E-state index contributed by atoms with van der Waals surface area (Å²) in [5, 5.41) is 0. The maximum absolute atomic E-state index is 14.2. The van der Waals surface area contributed by atoms with Gasteiger partial charge < -0.3 is 0 Å². The number of halogens is 2. The molecule has 0 saturated carbocycles. The smallest absolute Gasteiger partial charge is 0.243 e. The summed E-state index contributed by atoms with van der Waals surface area (Å²) < 4.78 is 100. The third-order valence-corrected chi connectivity index (χ3v) is 13.5. The Hall–Kier alpha value is -3.07. The van der Waals surface area contributed by atoms with Crippen LogP contribution in [0.2, 0.25) is 0 Å². The Bertz CT molecular complexity index is 1760. The van der Waals surface area contributed by atoms with E-state index < -0.39 is 52.3 Å². The number of nitrogens with zero attached hydrogens (tertiary/aromatic N) is 2. The summed E-state index contributed by atoms with van der Waals surface area (Å²) in [4.78, 5) is -0.412. The third kappa shape index (κ3) is 7.03. The van der Waals surface area contributed by atoms with Crippen LogP contribution in [0, 0.1) is 11.6 Å². The Morgan fingerprint density at radius 3 is 1.26 bits per heavy atom. The van der Waals surface area contributed by atoms with Gasteiger partial charge in [-0.3, -0.25) is 4.21 Å². The van der Waals surface area contributed by atoms with Crippen LogP contribution < -0.4 is 0 Å². The van der Waals surface area contributed by atoms with Gasteiger partial charge in [-0.05, 0) is 70.8 Å². The summed E-state index contributed by atoms with van der Waals surface area (Å²) in [6, 6.07) is 23.7. The van der Waals surface area contributed by atoms with E-state index in [1.807, 2.05) is 0 Å². The van der Waals surface area contributed by atoms with E-state index in [2.05, 4.69) is 0 Å².